The summed E-state index contributed by atoms with van der Waals surface area (Å²) in [5.74, 6) is -0.329. The number of nitrogens with zero attached hydrogens (tertiary/aromatic N) is 1. The molecule has 0 bridgehead atoms. The summed E-state index contributed by atoms with van der Waals surface area (Å²) in [6.45, 7) is 1.67. The number of carbonyl (C=O) groups is 2. The second-order valence-corrected chi connectivity index (χ2v) is 9.34. The Bertz CT molecular complexity index is 1100. The van der Waals surface area contributed by atoms with Crippen LogP contribution < -0.4 is 16.0 Å². The number of halogens is 1. The van der Waals surface area contributed by atoms with Gasteiger partial charge in [-0.1, -0.05) is 11.6 Å². The molecule has 0 saturated heterocycles. The Hall–Kier alpha value is -2.42. The molecule has 1 saturated carbocycles. The molecule has 3 heterocycles. The summed E-state index contributed by atoms with van der Waals surface area (Å²) in [6.07, 6.45) is 3.49. The van der Waals surface area contributed by atoms with Crippen molar-refractivity contribution < 1.29 is 9.59 Å². The molecule has 9 heteroatoms. The molecular formula is C21H22ClN5O2S. The Kier molecular flexibility index (Phi) is 5.22. The monoisotopic (exact) mass is 443 g/mol. The van der Waals surface area contributed by atoms with E-state index in [9.17, 15) is 9.59 Å². The Balaban J connectivity index is 1.25. The van der Waals surface area contributed by atoms with E-state index in [2.05, 4.69) is 25.9 Å². The van der Waals surface area contributed by atoms with Gasteiger partial charge in [-0.15, -0.1) is 11.3 Å². The predicted molar refractivity (Wildman–Crippen MR) is 117 cm³/mol. The molecule has 1 aliphatic heterocycles. The fourth-order valence-electron chi connectivity index (χ4n) is 4.23. The summed E-state index contributed by atoms with van der Waals surface area (Å²) in [7, 11) is 0. The molecular weight excluding hydrogens is 422 g/mol. The van der Waals surface area contributed by atoms with Crippen molar-refractivity contribution in [1.82, 2.24) is 25.9 Å². The largest absolute Gasteiger partial charge is 0.351 e. The summed E-state index contributed by atoms with van der Waals surface area (Å²) in [6, 6.07) is 7.07. The number of rotatable bonds is 4. The number of aromatic amines is 1. The van der Waals surface area contributed by atoms with Crippen molar-refractivity contribution in [2.24, 2.45) is 0 Å². The van der Waals surface area contributed by atoms with E-state index in [1.165, 1.54) is 11.3 Å². The van der Waals surface area contributed by atoms with E-state index in [4.69, 9.17) is 11.6 Å². The molecule has 1 aromatic carbocycles. The Morgan fingerprint density at radius 3 is 2.73 bits per heavy atom. The summed E-state index contributed by atoms with van der Waals surface area (Å²) in [5, 5.41) is 11.5. The number of nitrogens with one attached hydrogen (secondary N) is 4. The van der Waals surface area contributed by atoms with E-state index in [0.717, 1.165) is 60.2 Å². The van der Waals surface area contributed by atoms with Gasteiger partial charge in [0, 0.05) is 52.4 Å². The lowest BCUT2D eigenvalue weighted by Gasteiger charge is -2.21. The third-order valence-corrected chi connectivity index (χ3v) is 7.10. The standard InChI is InChI=1S/C21H22ClN5O2S/c22-12-4-5-13-11(8-12)9-17(24-13)19(28)25-14-2-1-3-15(14)26-20(29)21-27-16-6-7-23-10-18(16)30-21/h4-5,8-9,14-15,23-24H,1-3,6-7,10H2,(H,25,28)(H,26,29)/t14-,15-/m0/s1. The van der Waals surface area contributed by atoms with Crippen LogP contribution in [0.25, 0.3) is 10.9 Å². The number of H-pyrrole nitrogens is 1. The zero-order valence-corrected chi connectivity index (χ0v) is 17.8. The molecule has 1 fully saturated rings. The van der Waals surface area contributed by atoms with Crippen molar-refractivity contribution >= 4 is 45.7 Å². The molecule has 3 aromatic rings. The Morgan fingerprint density at radius 2 is 1.93 bits per heavy atom. The minimum Gasteiger partial charge on any atom is -0.351 e. The van der Waals surface area contributed by atoms with Gasteiger partial charge >= 0.3 is 0 Å². The zero-order valence-electron chi connectivity index (χ0n) is 16.3. The fraction of sp³-hybridized carbons (Fsp3) is 0.381. The highest BCUT2D eigenvalue weighted by atomic mass is 35.5. The van der Waals surface area contributed by atoms with Gasteiger partial charge in [-0.2, -0.15) is 0 Å². The highest BCUT2D eigenvalue weighted by Gasteiger charge is 2.31. The molecule has 1 aliphatic carbocycles. The van der Waals surface area contributed by atoms with E-state index in [0.29, 0.717) is 15.7 Å². The molecule has 156 valence electrons. The van der Waals surface area contributed by atoms with Gasteiger partial charge in [0.2, 0.25) is 0 Å². The summed E-state index contributed by atoms with van der Waals surface area (Å²) in [4.78, 5) is 34.3. The van der Waals surface area contributed by atoms with Crippen LogP contribution in [0.3, 0.4) is 0 Å². The van der Waals surface area contributed by atoms with Crippen molar-refractivity contribution in [2.75, 3.05) is 6.54 Å². The Labute approximate surface area is 182 Å². The topological polar surface area (TPSA) is 98.9 Å². The maximum Gasteiger partial charge on any atom is 0.280 e. The van der Waals surface area contributed by atoms with Gasteiger partial charge < -0.3 is 20.9 Å². The molecule has 0 spiro atoms. The number of aromatic nitrogens is 2. The van der Waals surface area contributed by atoms with Crippen LogP contribution >= 0.6 is 22.9 Å². The van der Waals surface area contributed by atoms with E-state index >= 15 is 0 Å². The molecule has 2 aliphatic rings. The first-order valence-corrected chi connectivity index (χ1v) is 11.4. The average Bonchev–Trinajstić information content (AvgIpc) is 3.45. The minimum atomic E-state index is -0.177. The minimum absolute atomic E-state index is 0.0978. The van der Waals surface area contributed by atoms with Gasteiger partial charge in [0.25, 0.3) is 11.8 Å². The first-order valence-electron chi connectivity index (χ1n) is 10.2. The highest BCUT2D eigenvalue weighted by molar-refractivity contribution is 7.13. The Morgan fingerprint density at radius 1 is 1.13 bits per heavy atom. The maximum atomic E-state index is 12.8. The van der Waals surface area contributed by atoms with Crippen LogP contribution in [0.15, 0.2) is 24.3 Å². The lowest BCUT2D eigenvalue weighted by molar-refractivity contribution is 0.0889. The van der Waals surface area contributed by atoms with Crippen LogP contribution in [0, 0.1) is 0 Å². The van der Waals surface area contributed by atoms with Crippen molar-refractivity contribution in [3.05, 3.63) is 50.6 Å². The van der Waals surface area contributed by atoms with Crippen LogP contribution in [0.4, 0.5) is 0 Å². The van der Waals surface area contributed by atoms with Crippen LogP contribution in [0.1, 0.15) is 50.1 Å². The number of carbonyl (C=O) groups excluding carboxylic acids is 2. The molecule has 4 N–H and O–H groups in total. The van der Waals surface area contributed by atoms with Crippen LogP contribution in [-0.2, 0) is 13.0 Å². The molecule has 30 heavy (non-hydrogen) atoms. The smallest absolute Gasteiger partial charge is 0.280 e. The average molecular weight is 444 g/mol. The number of amides is 2. The van der Waals surface area contributed by atoms with Crippen LogP contribution in [0.5, 0.6) is 0 Å². The number of benzene rings is 1. The van der Waals surface area contributed by atoms with E-state index in [1.807, 2.05) is 12.1 Å². The van der Waals surface area contributed by atoms with Gasteiger partial charge in [-0.05, 0) is 43.5 Å². The lowest BCUT2D eigenvalue weighted by Crippen LogP contribution is -2.48. The molecule has 2 atom stereocenters. The number of thiazole rings is 1. The van der Waals surface area contributed by atoms with Gasteiger partial charge in [0.05, 0.1) is 5.69 Å². The summed E-state index contributed by atoms with van der Waals surface area (Å²) < 4.78 is 0. The number of fused-ring (bicyclic) bond motifs is 2. The van der Waals surface area contributed by atoms with E-state index < -0.39 is 0 Å². The molecule has 5 rings (SSSR count). The lowest BCUT2D eigenvalue weighted by atomic mass is 10.1. The molecule has 0 unspecified atom stereocenters. The van der Waals surface area contributed by atoms with Crippen molar-refractivity contribution in [2.45, 2.75) is 44.3 Å². The second kappa shape index (κ2) is 8.02. The third-order valence-electron chi connectivity index (χ3n) is 5.77. The van der Waals surface area contributed by atoms with Crippen LogP contribution in [0.2, 0.25) is 5.02 Å². The van der Waals surface area contributed by atoms with E-state index in [1.54, 1.807) is 12.1 Å². The fourth-order valence-corrected chi connectivity index (χ4v) is 5.39. The SMILES string of the molecule is O=C(N[C@H]1CCC[C@@H]1NC(=O)c1nc2c(s1)CNCC2)c1cc2cc(Cl)ccc2[nH]1. The first kappa shape index (κ1) is 19.5. The van der Waals surface area contributed by atoms with Gasteiger partial charge in [0.1, 0.15) is 5.69 Å². The zero-order chi connectivity index (χ0) is 20.7. The van der Waals surface area contributed by atoms with E-state index in [-0.39, 0.29) is 23.9 Å². The van der Waals surface area contributed by atoms with Crippen molar-refractivity contribution in [3.8, 4) is 0 Å². The number of hydrogen-bond acceptors (Lipinski definition) is 5. The molecule has 2 aromatic heterocycles. The molecule has 7 nitrogen and oxygen atoms in total. The van der Waals surface area contributed by atoms with Crippen molar-refractivity contribution in [3.63, 3.8) is 0 Å². The highest BCUT2D eigenvalue weighted by Crippen LogP contribution is 2.25. The third kappa shape index (κ3) is 3.82. The quantitative estimate of drug-likeness (QED) is 0.498. The predicted octanol–water partition coefficient (Wildman–Crippen LogP) is 3.00. The molecule has 2 amide bonds. The summed E-state index contributed by atoms with van der Waals surface area (Å²) >= 11 is 7.49. The number of hydrogen-bond donors (Lipinski definition) is 4. The summed E-state index contributed by atoms with van der Waals surface area (Å²) in [5.41, 5.74) is 2.38. The van der Waals surface area contributed by atoms with Gasteiger partial charge in [0.15, 0.2) is 5.01 Å². The van der Waals surface area contributed by atoms with Gasteiger partial charge in [-0.25, -0.2) is 4.98 Å². The first-order chi connectivity index (χ1) is 14.6. The van der Waals surface area contributed by atoms with Crippen LogP contribution in [-0.4, -0.2) is 40.4 Å². The second-order valence-electron chi connectivity index (χ2n) is 7.82. The molecule has 0 radical (unpaired) electrons. The van der Waals surface area contributed by atoms with Crippen molar-refractivity contribution in [1.29, 1.82) is 0 Å². The maximum absolute atomic E-state index is 12.8. The van der Waals surface area contributed by atoms with Gasteiger partial charge in [-0.3, -0.25) is 9.59 Å². The normalized spacial score (nSPS) is 20.8.